The SMILES string of the molecule is C=COCCCNCc1cc(C(=O)OC)co1. The average molecular weight is 239 g/mol. The lowest BCUT2D eigenvalue weighted by Gasteiger charge is -2.02. The van der Waals surface area contributed by atoms with Crippen LogP contribution in [0, 0.1) is 0 Å². The Bertz CT molecular complexity index is 359. The fourth-order valence-corrected chi connectivity index (χ4v) is 1.27. The van der Waals surface area contributed by atoms with E-state index in [0.717, 1.165) is 13.0 Å². The van der Waals surface area contributed by atoms with Crippen molar-refractivity contribution in [1.82, 2.24) is 5.32 Å². The molecule has 0 saturated heterocycles. The molecule has 17 heavy (non-hydrogen) atoms. The van der Waals surface area contributed by atoms with Crippen molar-refractivity contribution < 1.29 is 18.7 Å². The van der Waals surface area contributed by atoms with E-state index in [1.165, 1.54) is 19.6 Å². The predicted octanol–water partition coefficient (Wildman–Crippen LogP) is 1.71. The third kappa shape index (κ3) is 4.74. The van der Waals surface area contributed by atoms with Gasteiger partial charge in [-0.05, 0) is 19.0 Å². The topological polar surface area (TPSA) is 60.7 Å². The molecule has 0 unspecified atom stereocenters. The normalized spacial score (nSPS) is 9.94. The maximum atomic E-state index is 11.1. The molecule has 0 atom stereocenters. The molecule has 1 aromatic rings. The minimum Gasteiger partial charge on any atom is -0.502 e. The summed E-state index contributed by atoms with van der Waals surface area (Å²) in [6.45, 7) is 5.48. The third-order valence-corrected chi connectivity index (χ3v) is 2.11. The van der Waals surface area contributed by atoms with Gasteiger partial charge in [-0.1, -0.05) is 6.58 Å². The number of hydrogen-bond donors (Lipinski definition) is 1. The fourth-order valence-electron chi connectivity index (χ4n) is 1.27. The van der Waals surface area contributed by atoms with Gasteiger partial charge in [-0.2, -0.15) is 0 Å². The molecule has 0 fully saturated rings. The van der Waals surface area contributed by atoms with Gasteiger partial charge in [-0.3, -0.25) is 0 Å². The second kappa shape index (κ2) is 7.51. The Labute approximate surface area is 100 Å². The largest absolute Gasteiger partial charge is 0.502 e. The Kier molecular flexibility index (Phi) is 5.88. The first kappa shape index (κ1) is 13.3. The second-order valence-electron chi connectivity index (χ2n) is 3.36. The number of ether oxygens (including phenoxy) is 2. The summed E-state index contributed by atoms with van der Waals surface area (Å²) in [7, 11) is 1.34. The monoisotopic (exact) mass is 239 g/mol. The molecule has 0 amide bonds. The van der Waals surface area contributed by atoms with Crippen molar-refractivity contribution in [2.45, 2.75) is 13.0 Å². The van der Waals surface area contributed by atoms with Crippen LogP contribution < -0.4 is 5.32 Å². The third-order valence-electron chi connectivity index (χ3n) is 2.11. The first-order chi connectivity index (χ1) is 8.27. The molecule has 0 spiro atoms. The Morgan fingerprint density at radius 2 is 2.47 bits per heavy atom. The standard InChI is InChI=1S/C12H17NO4/c1-3-16-6-4-5-13-8-11-7-10(9-17-11)12(14)15-2/h3,7,9,13H,1,4-6,8H2,2H3. The van der Waals surface area contributed by atoms with Crippen molar-refractivity contribution in [2.75, 3.05) is 20.3 Å². The molecule has 5 nitrogen and oxygen atoms in total. The van der Waals surface area contributed by atoms with Gasteiger partial charge in [0.2, 0.25) is 0 Å². The Morgan fingerprint density at radius 3 is 3.18 bits per heavy atom. The molecule has 1 aromatic heterocycles. The summed E-state index contributed by atoms with van der Waals surface area (Å²) in [5, 5.41) is 3.17. The summed E-state index contributed by atoms with van der Waals surface area (Å²) in [5.41, 5.74) is 0.430. The number of nitrogens with one attached hydrogen (secondary N) is 1. The van der Waals surface area contributed by atoms with E-state index in [-0.39, 0.29) is 5.97 Å². The Morgan fingerprint density at radius 1 is 1.65 bits per heavy atom. The van der Waals surface area contributed by atoms with E-state index in [0.29, 0.717) is 24.5 Å². The van der Waals surface area contributed by atoms with Crippen LogP contribution in [0.1, 0.15) is 22.5 Å². The van der Waals surface area contributed by atoms with Crippen LogP contribution in [0.5, 0.6) is 0 Å². The van der Waals surface area contributed by atoms with Crippen molar-refractivity contribution >= 4 is 5.97 Å². The molecule has 0 aliphatic carbocycles. The number of rotatable bonds is 8. The van der Waals surface area contributed by atoms with E-state index in [9.17, 15) is 4.79 Å². The van der Waals surface area contributed by atoms with Gasteiger partial charge in [0.15, 0.2) is 0 Å². The van der Waals surface area contributed by atoms with Gasteiger partial charge < -0.3 is 19.2 Å². The van der Waals surface area contributed by atoms with Crippen molar-refractivity contribution in [1.29, 1.82) is 0 Å². The molecule has 0 aliphatic heterocycles. The zero-order chi connectivity index (χ0) is 12.5. The van der Waals surface area contributed by atoms with Crippen molar-refractivity contribution in [2.24, 2.45) is 0 Å². The zero-order valence-electron chi connectivity index (χ0n) is 9.90. The predicted molar refractivity (Wildman–Crippen MR) is 62.5 cm³/mol. The van der Waals surface area contributed by atoms with Crippen LogP contribution in [-0.2, 0) is 16.0 Å². The first-order valence-corrected chi connectivity index (χ1v) is 5.37. The van der Waals surface area contributed by atoms with Crippen molar-refractivity contribution in [3.05, 3.63) is 36.5 Å². The summed E-state index contributed by atoms with van der Waals surface area (Å²) < 4.78 is 14.8. The lowest BCUT2D eigenvalue weighted by molar-refractivity contribution is 0.0600. The number of furan rings is 1. The van der Waals surface area contributed by atoms with Crippen LogP contribution in [0.3, 0.4) is 0 Å². The molecule has 0 aliphatic rings. The Balaban J connectivity index is 2.21. The van der Waals surface area contributed by atoms with Gasteiger partial charge in [-0.25, -0.2) is 4.79 Å². The van der Waals surface area contributed by atoms with Crippen molar-refractivity contribution in [3.63, 3.8) is 0 Å². The number of carbonyl (C=O) groups excluding carboxylic acids is 1. The lowest BCUT2D eigenvalue weighted by atomic mass is 10.3. The fraction of sp³-hybridized carbons (Fsp3) is 0.417. The van der Waals surface area contributed by atoms with E-state index in [4.69, 9.17) is 9.15 Å². The molecule has 5 heteroatoms. The van der Waals surface area contributed by atoms with Crippen LogP contribution in [0.2, 0.25) is 0 Å². The number of hydrogen-bond acceptors (Lipinski definition) is 5. The summed E-state index contributed by atoms with van der Waals surface area (Å²) in [5.74, 6) is 0.314. The molecule has 0 radical (unpaired) electrons. The quantitative estimate of drug-likeness (QED) is 0.425. The molecular weight excluding hydrogens is 222 g/mol. The first-order valence-electron chi connectivity index (χ1n) is 5.37. The summed E-state index contributed by atoms with van der Waals surface area (Å²) in [4.78, 5) is 11.1. The molecule has 0 saturated carbocycles. The van der Waals surface area contributed by atoms with Gasteiger partial charge in [0, 0.05) is 0 Å². The molecule has 1 heterocycles. The van der Waals surface area contributed by atoms with Crippen molar-refractivity contribution in [3.8, 4) is 0 Å². The maximum Gasteiger partial charge on any atom is 0.341 e. The van der Waals surface area contributed by atoms with Crippen LogP contribution in [0.4, 0.5) is 0 Å². The molecule has 1 rings (SSSR count). The summed E-state index contributed by atoms with van der Waals surface area (Å²) in [6, 6.07) is 1.67. The van der Waals surface area contributed by atoms with Crippen LogP contribution in [0.25, 0.3) is 0 Å². The van der Waals surface area contributed by atoms with Crippen LogP contribution in [-0.4, -0.2) is 26.2 Å². The highest BCUT2D eigenvalue weighted by atomic mass is 16.5. The van der Waals surface area contributed by atoms with Gasteiger partial charge in [-0.15, -0.1) is 0 Å². The van der Waals surface area contributed by atoms with Crippen LogP contribution in [0.15, 0.2) is 29.6 Å². The molecule has 94 valence electrons. The second-order valence-corrected chi connectivity index (χ2v) is 3.36. The van der Waals surface area contributed by atoms with E-state index < -0.39 is 0 Å². The van der Waals surface area contributed by atoms with Crippen LogP contribution >= 0.6 is 0 Å². The Hall–Kier alpha value is -1.75. The summed E-state index contributed by atoms with van der Waals surface area (Å²) >= 11 is 0. The smallest absolute Gasteiger partial charge is 0.341 e. The molecule has 0 bridgehead atoms. The van der Waals surface area contributed by atoms with Gasteiger partial charge in [0.05, 0.1) is 32.1 Å². The molecule has 1 N–H and O–H groups in total. The number of methoxy groups -OCH3 is 1. The van der Waals surface area contributed by atoms with Gasteiger partial charge in [0.1, 0.15) is 12.0 Å². The lowest BCUT2D eigenvalue weighted by Crippen LogP contribution is -2.15. The molecular formula is C12H17NO4. The van der Waals surface area contributed by atoms with Gasteiger partial charge in [0.25, 0.3) is 0 Å². The summed E-state index contributed by atoms with van der Waals surface area (Å²) in [6.07, 6.45) is 3.70. The van der Waals surface area contributed by atoms with E-state index >= 15 is 0 Å². The zero-order valence-corrected chi connectivity index (χ0v) is 9.90. The number of esters is 1. The molecule has 0 aromatic carbocycles. The number of carbonyl (C=O) groups is 1. The average Bonchev–Trinajstić information content (AvgIpc) is 2.81. The minimum absolute atomic E-state index is 0.389. The van der Waals surface area contributed by atoms with E-state index in [1.54, 1.807) is 6.07 Å². The van der Waals surface area contributed by atoms with Gasteiger partial charge >= 0.3 is 5.97 Å². The van der Waals surface area contributed by atoms with E-state index in [1.807, 2.05) is 0 Å². The van der Waals surface area contributed by atoms with E-state index in [2.05, 4.69) is 16.6 Å². The highest BCUT2D eigenvalue weighted by Gasteiger charge is 2.09. The minimum atomic E-state index is -0.389. The maximum absolute atomic E-state index is 11.1. The highest BCUT2D eigenvalue weighted by Crippen LogP contribution is 2.08. The highest BCUT2D eigenvalue weighted by molar-refractivity contribution is 5.88.